The van der Waals surface area contributed by atoms with Gasteiger partial charge in [0.1, 0.15) is 5.82 Å². The summed E-state index contributed by atoms with van der Waals surface area (Å²) >= 11 is 0. The summed E-state index contributed by atoms with van der Waals surface area (Å²) in [6.45, 7) is 7.92. The van der Waals surface area contributed by atoms with Crippen molar-refractivity contribution in [2.24, 2.45) is 5.41 Å². The quantitative estimate of drug-likeness (QED) is 0.808. The van der Waals surface area contributed by atoms with Crippen LogP contribution in [0.5, 0.6) is 0 Å². The number of hydrogen-bond donors (Lipinski definition) is 1. The number of rotatable bonds is 2. The molecule has 4 nitrogen and oxygen atoms in total. The van der Waals surface area contributed by atoms with Crippen LogP contribution in [0, 0.1) is 12.3 Å². The molecule has 1 N–H and O–H groups in total. The molecule has 0 fully saturated rings. The molecule has 0 bridgehead atoms. The first kappa shape index (κ1) is 11.6. The van der Waals surface area contributed by atoms with Crippen molar-refractivity contribution in [2.45, 2.75) is 34.1 Å². The van der Waals surface area contributed by atoms with Crippen LogP contribution >= 0.6 is 0 Å². The molecule has 0 unspecified atom stereocenters. The van der Waals surface area contributed by atoms with Gasteiger partial charge in [0.25, 0.3) is 0 Å². The van der Waals surface area contributed by atoms with Crippen LogP contribution in [0.1, 0.15) is 42.6 Å². The Morgan fingerprint density at radius 3 is 2.53 bits per heavy atom. The molecule has 0 radical (unpaired) electrons. The summed E-state index contributed by atoms with van der Waals surface area (Å²) < 4.78 is 0. The second-order valence-corrected chi connectivity index (χ2v) is 4.82. The van der Waals surface area contributed by atoms with E-state index in [1.54, 1.807) is 6.92 Å². The van der Waals surface area contributed by atoms with Gasteiger partial charge in [-0.05, 0) is 18.8 Å². The van der Waals surface area contributed by atoms with Crippen molar-refractivity contribution >= 4 is 5.97 Å². The van der Waals surface area contributed by atoms with Gasteiger partial charge in [-0.2, -0.15) is 0 Å². The lowest BCUT2D eigenvalue weighted by Gasteiger charge is -2.18. The SMILES string of the molecule is Cc1ncc(C(=O)O)c(CC(C)(C)C)n1. The molecule has 0 atom stereocenters. The van der Waals surface area contributed by atoms with Crippen LogP contribution in [0.15, 0.2) is 6.20 Å². The molecule has 1 aromatic rings. The molecule has 0 spiro atoms. The van der Waals surface area contributed by atoms with E-state index in [4.69, 9.17) is 5.11 Å². The van der Waals surface area contributed by atoms with Gasteiger partial charge in [-0.1, -0.05) is 20.8 Å². The maximum atomic E-state index is 10.9. The molecule has 0 saturated carbocycles. The monoisotopic (exact) mass is 208 g/mol. The second kappa shape index (κ2) is 3.96. The summed E-state index contributed by atoms with van der Waals surface area (Å²) in [6.07, 6.45) is 2.02. The minimum atomic E-state index is -0.964. The molecule has 1 rings (SSSR count). The number of aromatic carboxylic acids is 1. The molecule has 82 valence electrons. The van der Waals surface area contributed by atoms with Crippen LogP contribution in [0.25, 0.3) is 0 Å². The first-order chi connectivity index (χ1) is 6.79. The van der Waals surface area contributed by atoms with Gasteiger partial charge in [0.15, 0.2) is 0 Å². The van der Waals surface area contributed by atoms with Crippen molar-refractivity contribution in [3.63, 3.8) is 0 Å². The molecule has 0 amide bonds. The lowest BCUT2D eigenvalue weighted by Crippen LogP contribution is -2.15. The fourth-order valence-corrected chi connectivity index (χ4v) is 1.33. The zero-order chi connectivity index (χ0) is 11.6. The topological polar surface area (TPSA) is 63.1 Å². The van der Waals surface area contributed by atoms with Crippen molar-refractivity contribution in [1.29, 1.82) is 0 Å². The zero-order valence-corrected chi connectivity index (χ0v) is 9.53. The minimum Gasteiger partial charge on any atom is -0.478 e. The van der Waals surface area contributed by atoms with Crippen LogP contribution < -0.4 is 0 Å². The third-order valence-corrected chi connectivity index (χ3v) is 1.92. The van der Waals surface area contributed by atoms with Gasteiger partial charge in [0, 0.05) is 6.20 Å². The van der Waals surface area contributed by atoms with Crippen LogP contribution in [-0.4, -0.2) is 21.0 Å². The Morgan fingerprint density at radius 2 is 2.07 bits per heavy atom. The summed E-state index contributed by atoms with van der Waals surface area (Å²) in [6, 6.07) is 0. The highest BCUT2D eigenvalue weighted by atomic mass is 16.4. The van der Waals surface area contributed by atoms with E-state index in [2.05, 4.69) is 30.7 Å². The highest BCUT2D eigenvalue weighted by Crippen LogP contribution is 2.21. The van der Waals surface area contributed by atoms with Gasteiger partial charge in [0.05, 0.1) is 11.3 Å². The van der Waals surface area contributed by atoms with Crippen molar-refractivity contribution in [3.05, 3.63) is 23.3 Å². The van der Waals surface area contributed by atoms with Gasteiger partial charge in [-0.15, -0.1) is 0 Å². The summed E-state index contributed by atoms with van der Waals surface area (Å²) in [5, 5.41) is 8.97. The highest BCUT2D eigenvalue weighted by molar-refractivity contribution is 5.88. The summed E-state index contributed by atoms with van der Waals surface area (Å²) in [7, 11) is 0. The van der Waals surface area contributed by atoms with E-state index in [1.807, 2.05) is 0 Å². The number of aryl methyl sites for hydroxylation is 1. The van der Waals surface area contributed by atoms with Crippen LogP contribution in [0.4, 0.5) is 0 Å². The standard InChI is InChI=1S/C11H16N2O2/c1-7-12-6-8(10(14)15)9(13-7)5-11(2,3)4/h6H,5H2,1-4H3,(H,14,15). The van der Waals surface area contributed by atoms with Gasteiger partial charge in [-0.3, -0.25) is 0 Å². The van der Waals surface area contributed by atoms with Crippen molar-refractivity contribution in [2.75, 3.05) is 0 Å². The molecule has 0 aliphatic heterocycles. The third kappa shape index (κ3) is 3.31. The number of carboxylic acids is 1. The molecule has 0 aliphatic rings. The van der Waals surface area contributed by atoms with Crippen molar-refractivity contribution < 1.29 is 9.90 Å². The average Bonchev–Trinajstić information content (AvgIpc) is 1.99. The van der Waals surface area contributed by atoms with E-state index in [0.717, 1.165) is 0 Å². The number of carbonyl (C=O) groups is 1. The van der Waals surface area contributed by atoms with Crippen molar-refractivity contribution in [1.82, 2.24) is 9.97 Å². The number of nitrogens with zero attached hydrogens (tertiary/aromatic N) is 2. The maximum Gasteiger partial charge on any atom is 0.339 e. The molecule has 0 saturated heterocycles. The van der Waals surface area contributed by atoms with Crippen molar-refractivity contribution in [3.8, 4) is 0 Å². The van der Waals surface area contributed by atoms with E-state index >= 15 is 0 Å². The summed E-state index contributed by atoms with van der Waals surface area (Å²) in [5.74, 6) is -0.353. The average molecular weight is 208 g/mol. The lowest BCUT2D eigenvalue weighted by atomic mass is 9.89. The molecule has 1 aromatic heterocycles. The fraction of sp³-hybridized carbons (Fsp3) is 0.545. The lowest BCUT2D eigenvalue weighted by molar-refractivity contribution is 0.0694. The Morgan fingerprint density at radius 1 is 1.47 bits per heavy atom. The Bertz CT molecular complexity index is 381. The van der Waals surface area contributed by atoms with E-state index < -0.39 is 5.97 Å². The van der Waals surface area contributed by atoms with Crippen LogP contribution in [0.3, 0.4) is 0 Å². The van der Waals surface area contributed by atoms with Gasteiger partial charge < -0.3 is 5.11 Å². The highest BCUT2D eigenvalue weighted by Gasteiger charge is 2.19. The molecular formula is C11H16N2O2. The Labute approximate surface area is 89.4 Å². The molecule has 4 heteroatoms. The molecule has 0 aliphatic carbocycles. The molecule has 15 heavy (non-hydrogen) atoms. The van der Waals surface area contributed by atoms with Crippen LogP contribution in [0.2, 0.25) is 0 Å². The minimum absolute atomic E-state index is 0.0188. The van der Waals surface area contributed by atoms with E-state index in [1.165, 1.54) is 6.20 Å². The maximum absolute atomic E-state index is 10.9. The number of aromatic nitrogens is 2. The smallest absolute Gasteiger partial charge is 0.339 e. The normalized spacial score (nSPS) is 11.5. The largest absolute Gasteiger partial charge is 0.478 e. The second-order valence-electron chi connectivity index (χ2n) is 4.82. The predicted octanol–water partition coefficient (Wildman–Crippen LogP) is 2.07. The van der Waals surface area contributed by atoms with Gasteiger partial charge >= 0.3 is 5.97 Å². The Kier molecular flexibility index (Phi) is 3.07. The first-order valence-electron chi connectivity index (χ1n) is 4.85. The van der Waals surface area contributed by atoms with Gasteiger partial charge in [0.2, 0.25) is 0 Å². The zero-order valence-electron chi connectivity index (χ0n) is 9.53. The third-order valence-electron chi connectivity index (χ3n) is 1.92. The number of hydrogen-bond acceptors (Lipinski definition) is 3. The Balaban J connectivity index is 3.13. The molecule has 1 heterocycles. The van der Waals surface area contributed by atoms with Crippen LogP contribution in [-0.2, 0) is 6.42 Å². The Hall–Kier alpha value is -1.45. The molecule has 0 aromatic carbocycles. The summed E-state index contributed by atoms with van der Waals surface area (Å²) in [4.78, 5) is 19.0. The van der Waals surface area contributed by atoms with E-state index in [-0.39, 0.29) is 11.0 Å². The number of carboxylic acid groups (broad SMARTS) is 1. The van der Waals surface area contributed by atoms with E-state index in [9.17, 15) is 4.79 Å². The summed E-state index contributed by atoms with van der Waals surface area (Å²) in [5.41, 5.74) is 0.836. The van der Waals surface area contributed by atoms with Gasteiger partial charge in [-0.25, -0.2) is 14.8 Å². The van der Waals surface area contributed by atoms with E-state index in [0.29, 0.717) is 17.9 Å². The first-order valence-corrected chi connectivity index (χ1v) is 4.85. The fourth-order valence-electron chi connectivity index (χ4n) is 1.33. The molecular weight excluding hydrogens is 192 g/mol. The predicted molar refractivity (Wildman–Crippen MR) is 56.9 cm³/mol.